The van der Waals surface area contributed by atoms with E-state index in [4.69, 9.17) is 22.3 Å². The van der Waals surface area contributed by atoms with Gasteiger partial charge in [-0.1, -0.05) is 23.4 Å². The number of anilines is 1. The second kappa shape index (κ2) is 7.92. The van der Waals surface area contributed by atoms with Gasteiger partial charge >= 0.3 is 0 Å². The van der Waals surface area contributed by atoms with Crippen molar-refractivity contribution < 1.29 is 0 Å². The van der Waals surface area contributed by atoms with E-state index in [-0.39, 0.29) is 0 Å². The van der Waals surface area contributed by atoms with Crippen molar-refractivity contribution in [1.82, 2.24) is 30.2 Å². The molecular weight excluding hydrogens is 418 g/mol. The number of nitrogens with two attached hydrogens (primary N) is 1. The molecule has 3 aromatic rings. The molecule has 9 heteroatoms. The van der Waals surface area contributed by atoms with E-state index in [1.165, 1.54) is 18.2 Å². The molecule has 5 heterocycles. The molecule has 156 valence electrons. The number of hydrogen-bond acceptors (Lipinski definition) is 8. The lowest BCUT2D eigenvalue weighted by molar-refractivity contribution is 0.201. The van der Waals surface area contributed by atoms with Crippen LogP contribution in [0.25, 0.3) is 11.2 Å². The van der Waals surface area contributed by atoms with Crippen LogP contribution in [0.3, 0.4) is 0 Å². The molecule has 0 spiro atoms. The monoisotopic (exact) mass is 441 g/mol. The van der Waals surface area contributed by atoms with E-state index in [0.717, 1.165) is 34.0 Å². The summed E-state index contributed by atoms with van der Waals surface area (Å²) in [5, 5.41) is 5.02. The fraction of sp³-hybridized carbons (Fsp3) is 0.429. The zero-order valence-electron chi connectivity index (χ0n) is 16.9. The Kier molecular flexibility index (Phi) is 5.26. The van der Waals surface area contributed by atoms with E-state index < -0.39 is 0 Å². The molecular formula is C21H24ClN7S. The van der Waals surface area contributed by atoms with Crippen molar-refractivity contribution in [2.75, 3.05) is 19.8 Å². The summed E-state index contributed by atoms with van der Waals surface area (Å²) >= 11 is 7.70. The predicted molar refractivity (Wildman–Crippen MR) is 120 cm³/mol. The molecule has 3 N–H and O–H groups in total. The van der Waals surface area contributed by atoms with Gasteiger partial charge in [-0.15, -0.1) is 0 Å². The van der Waals surface area contributed by atoms with Crippen LogP contribution in [0.2, 0.25) is 5.02 Å². The van der Waals surface area contributed by atoms with Gasteiger partial charge in [0.05, 0.1) is 16.9 Å². The number of nitrogen functional groups attached to an aromatic ring is 1. The molecule has 4 unspecified atom stereocenters. The maximum Gasteiger partial charge on any atom is 0.179 e. The topological polar surface area (TPSA) is 92.9 Å². The summed E-state index contributed by atoms with van der Waals surface area (Å²) in [5.41, 5.74) is 8.32. The SMILES string of the molecule is CN(C)C1CC2CC(c3cnc4nc(Sc5ccnc(N)c5Cl)ccc4n3)C(C1)N2. The highest BCUT2D eigenvalue weighted by Gasteiger charge is 2.42. The fourth-order valence-corrected chi connectivity index (χ4v) is 5.63. The molecule has 0 aromatic carbocycles. The zero-order chi connectivity index (χ0) is 20.8. The van der Waals surface area contributed by atoms with Gasteiger partial charge in [0.15, 0.2) is 5.65 Å². The molecule has 3 aromatic heterocycles. The highest BCUT2D eigenvalue weighted by atomic mass is 35.5. The lowest BCUT2D eigenvalue weighted by Crippen LogP contribution is -2.46. The van der Waals surface area contributed by atoms with Crippen LogP contribution in [0, 0.1) is 0 Å². The Labute approximate surface area is 184 Å². The van der Waals surface area contributed by atoms with Crippen LogP contribution < -0.4 is 11.1 Å². The van der Waals surface area contributed by atoms with Gasteiger partial charge in [0.25, 0.3) is 0 Å². The maximum absolute atomic E-state index is 6.26. The standard InChI is InChI=1S/C21H24ClN7S/c1-29(2)12-7-11-8-13(15(9-12)26-11)16-10-25-21-14(27-16)3-4-18(28-21)30-17-5-6-24-20(23)19(17)22/h3-6,10-13,15,26H,7-9H2,1-2H3,(H2,23,24). The average Bonchev–Trinajstić information content (AvgIpc) is 3.04. The third-order valence-electron chi connectivity index (χ3n) is 6.16. The average molecular weight is 442 g/mol. The molecule has 2 saturated heterocycles. The maximum atomic E-state index is 6.26. The Morgan fingerprint density at radius 3 is 2.83 bits per heavy atom. The summed E-state index contributed by atoms with van der Waals surface area (Å²) in [4.78, 5) is 21.4. The first-order valence-electron chi connectivity index (χ1n) is 10.1. The lowest BCUT2D eigenvalue weighted by atomic mass is 9.93. The van der Waals surface area contributed by atoms with Crippen molar-refractivity contribution in [2.45, 2.75) is 53.2 Å². The van der Waals surface area contributed by atoms with Crippen molar-refractivity contribution in [1.29, 1.82) is 0 Å². The fourth-order valence-electron chi connectivity index (χ4n) is 4.59. The van der Waals surface area contributed by atoms with E-state index >= 15 is 0 Å². The van der Waals surface area contributed by atoms with Crippen LogP contribution in [0.1, 0.15) is 30.9 Å². The predicted octanol–water partition coefficient (Wildman–Crippen LogP) is 3.34. The Bertz CT molecular complexity index is 1090. The molecule has 2 bridgehead atoms. The van der Waals surface area contributed by atoms with Crippen molar-refractivity contribution in [3.8, 4) is 0 Å². The number of nitrogens with zero attached hydrogens (tertiary/aromatic N) is 5. The van der Waals surface area contributed by atoms with Crippen LogP contribution in [0.15, 0.2) is 40.5 Å². The second-order valence-corrected chi connectivity index (χ2v) is 9.74. The first-order valence-corrected chi connectivity index (χ1v) is 11.3. The van der Waals surface area contributed by atoms with Gasteiger partial charge in [-0.2, -0.15) is 0 Å². The molecule has 4 atom stereocenters. The third-order valence-corrected chi connectivity index (χ3v) is 7.67. The van der Waals surface area contributed by atoms with Crippen molar-refractivity contribution >= 4 is 40.3 Å². The molecule has 2 fully saturated rings. The number of nitrogens with one attached hydrogen (secondary N) is 1. The number of rotatable bonds is 4. The third kappa shape index (κ3) is 3.73. The van der Waals surface area contributed by atoms with Gasteiger partial charge < -0.3 is 16.0 Å². The summed E-state index contributed by atoms with van der Waals surface area (Å²) < 4.78 is 0. The number of fused-ring (bicyclic) bond motifs is 3. The van der Waals surface area contributed by atoms with E-state index in [9.17, 15) is 0 Å². The minimum Gasteiger partial charge on any atom is -0.382 e. The molecule has 0 aliphatic carbocycles. The van der Waals surface area contributed by atoms with Gasteiger partial charge in [-0.25, -0.2) is 19.9 Å². The molecule has 0 saturated carbocycles. The van der Waals surface area contributed by atoms with Crippen LogP contribution in [0.4, 0.5) is 5.82 Å². The van der Waals surface area contributed by atoms with E-state index in [1.54, 1.807) is 6.20 Å². The zero-order valence-corrected chi connectivity index (χ0v) is 18.5. The van der Waals surface area contributed by atoms with Crippen LogP contribution in [0.5, 0.6) is 0 Å². The Balaban J connectivity index is 1.38. The number of aromatic nitrogens is 4. The van der Waals surface area contributed by atoms with Crippen molar-refractivity contribution in [3.63, 3.8) is 0 Å². The molecule has 0 radical (unpaired) electrons. The number of halogens is 1. The summed E-state index contributed by atoms with van der Waals surface area (Å²) in [6.07, 6.45) is 7.02. The molecule has 2 aliphatic rings. The Hall–Kier alpha value is -2.00. The largest absolute Gasteiger partial charge is 0.382 e. The lowest BCUT2D eigenvalue weighted by Gasteiger charge is -2.34. The van der Waals surface area contributed by atoms with E-state index in [2.05, 4.69) is 39.3 Å². The summed E-state index contributed by atoms with van der Waals surface area (Å²) in [6.45, 7) is 0. The summed E-state index contributed by atoms with van der Waals surface area (Å²) in [6, 6.07) is 7.42. The molecule has 2 aliphatic heterocycles. The molecule has 5 rings (SSSR count). The number of piperidine rings is 1. The van der Waals surface area contributed by atoms with Gasteiger partial charge in [0.1, 0.15) is 16.4 Å². The molecule has 0 amide bonds. The first-order chi connectivity index (χ1) is 14.5. The molecule has 7 nitrogen and oxygen atoms in total. The van der Waals surface area contributed by atoms with Crippen LogP contribution >= 0.6 is 23.4 Å². The van der Waals surface area contributed by atoms with E-state index in [0.29, 0.717) is 40.5 Å². The van der Waals surface area contributed by atoms with Crippen molar-refractivity contribution in [3.05, 3.63) is 41.3 Å². The Morgan fingerprint density at radius 2 is 2.00 bits per heavy atom. The summed E-state index contributed by atoms with van der Waals surface area (Å²) in [7, 11) is 4.35. The number of pyridine rings is 2. The first kappa shape index (κ1) is 19.9. The smallest absolute Gasteiger partial charge is 0.179 e. The van der Waals surface area contributed by atoms with Gasteiger partial charge in [0, 0.05) is 35.1 Å². The molecule has 30 heavy (non-hydrogen) atoms. The Morgan fingerprint density at radius 1 is 1.13 bits per heavy atom. The minimum absolute atomic E-state index is 0.318. The van der Waals surface area contributed by atoms with Crippen LogP contribution in [-0.4, -0.2) is 57.1 Å². The van der Waals surface area contributed by atoms with Crippen LogP contribution in [-0.2, 0) is 0 Å². The highest BCUT2D eigenvalue weighted by Crippen LogP contribution is 2.39. The van der Waals surface area contributed by atoms with Crippen molar-refractivity contribution in [2.24, 2.45) is 0 Å². The summed E-state index contributed by atoms with van der Waals surface area (Å²) in [5.74, 6) is 0.725. The normalized spacial score (nSPS) is 25.9. The highest BCUT2D eigenvalue weighted by molar-refractivity contribution is 7.99. The van der Waals surface area contributed by atoms with Gasteiger partial charge in [-0.05, 0) is 51.6 Å². The minimum atomic E-state index is 0.318. The number of hydrogen-bond donors (Lipinski definition) is 2. The van der Waals surface area contributed by atoms with E-state index in [1.807, 2.05) is 24.4 Å². The second-order valence-electron chi connectivity index (χ2n) is 8.30. The van der Waals surface area contributed by atoms with Gasteiger partial charge in [0.2, 0.25) is 0 Å². The van der Waals surface area contributed by atoms with Gasteiger partial charge in [-0.3, -0.25) is 0 Å². The quantitative estimate of drug-likeness (QED) is 0.636.